The first-order valence-electron chi connectivity index (χ1n) is 5.18. The molecule has 86 valence electrons. The fourth-order valence-corrected chi connectivity index (χ4v) is 1.63. The Morgan fingerprint density at radius 3 is 2.76 bits per heavy atom. The third kappa shape index (κ3) is 2.15. The highest BCUT2D eigenvalue weighted by molar-refractivity contribution is 5.74. The minimum Gasteiger partial charge on any atom is -0.496 e. The van der Waals surface area contributed by atoms with Gasteiger partial charge >= 0.3 is 0 Å². The number of hydrogen-bond donors (Lipinski definition) is 0. The van der Waals surface area contributed by atoms with Crippen LogP contribution in [0.1, 0.15) is 16.2 Å². The fraction of sp³-hybridized carbons (Fsp3) is 0.154. The summed E-state index contributed by atoms with van der Waals surface area (Å²) in [5.74, 6) is 0.905. The lowest BCUT2D eigenvalue weighted by Gasteiger charge is -2.09. The summed E-state index contributed by atoms with van der Waals surface area (Å²) in [5.41, 5.74) is 2.48. The minimum absolute atomic E-state index is 0.177. The SMILES string of the molecule is COc1ccccc1-c1nc(C=O)ncc1C. The van der Waals surface area contributed by atoms with Gasteiger partial charge in [0.25, 0.3) is 0 Å². The van der Waals surface area contributed by atoms with Crippen LogP contribution < -0.4 is 4.74 Å². The summed E-state index contributed by atoms with van der Waals surface area (Å²) in [6.07, 6.45) is 2.27. The molecule has 1 heterocycles. The molecule has 0 fully saturated rings. The van der Waals surface area contributed by atoms with Crippen molar-refractivity contribution < 1.29 is 9.53 Å². The molecule has 0 unspecified atom stereocenters. The number of nitrogens with zero attached hydrogens (tertiary/aromatic N) is 2. The average molecular weight is 228 g/mol. The van der Waals surface area contributed by atoms with Gasteiger partial charge in [0.15, 0.2) is 12.1 Å². The van der Waals surface area contributed by atoms with Crippen molar-refractivity contribution in [3.05, 3.63) is 41.9 Å². The van der Waals surface area contributed by atoms with E-state index in [2.05, 4.69) is 9.97 Å². The summed E-state index contributed by atoms with van der Waals surface area (Å²) in [6.45, 7) is 1.90. The largest absolute Gasteiger partial charge is 0.496 e. The van der Waals surface area contributed by atoms with E-state index in [-0.39, 0.29) is 5.82 Å². The molecule has 0 spiro atoms. The van der Waals surface area contributed by atoms with Gasteiger partial charge in [0.1, 0.15) is 5.75 Å². The fourth-order valence-electron chi connectivity index (χ4n) is 1.63. The van der Waals surface area contributed by atoms with Gasteiger partial charge in [-0.3, -0.25) is 4.79 Å². The minimum atomic E-state index is 0.177. The quantitative estimate of drug-likeness (QED) is 0.756. The van der Waals surface area contributed by atoms with E-state index >= 15 is 0 Å². The molecule has 0 atom stereocenters. The van der Waals surface area contributed by atoms with Crippen molar-refractivity contribution in [1.29, 1.82) is 0 Å². The molecular formula is C13H12N2O2. The lowest BCUT2D eigenvalue weighted by molar-refractivity contribution is 0.111. The Bertz CT molecular complexity index is 553. The van der Waals surface area contributed by atoms with Gasteiger partial charge in [0.05, 0.1) is 12.8 Å². The molecule has 0 saturated carbocycles. The summed E-state index contributed by atoms with van der Waals surface area (Å²) >= 11 is 0. The van der Waals surface area contributed by atoms with Crippen molar-refractivity contribution in [3.63, 3.8) is 0 Å². The standard InChI is InChI=1S/C13H12N2O2/c1-9-7-14-12(8-16)15-13(9)10-5-3-4-6-11(10)17-2/h3-8H,1-2H3. The zero-order valence-electron chi connectivity index (χ0n) is 9.68. The van der Waals surface area contributed by atoms with E-state index in [9.17, 15) is 4.79 Å². The molecule has 1 aromatic heterocycles. The van der Waals surface area contributed by atoms with Crippen LogP contribution in [0.5, 0.6) is 5.75 Å². The van der Waals surface area contributed by atoms with Crippen LogP contribution in [-0.2, 0) is 0 Å². The molecule has 0 N–H and O–H groups in total. The van der Waals surface area contributed by atoms with Gasteiger partial charge in [-0.1, -0.05) is 12.1 Å². The van der Waals surface area contributed by atoms with E-state index in [1.54, 1.807) is 13.3 Å². The van der Waals surface area contributed by atoms with Gasteiger partial charge in [0, 0.05) is 11.8 Å². The summed E-state index contributed by atoms with van der Waals surface area (Å²) in [5, 5.41) is 0. The molecule has 0 bridgehead atoms. The zero-order chi connectivity index (χ0) is 12.3. The highest BCUT2D eigenvalue weighted by Crippen LogP contribution is 2.29. The number of benzene rings is 1. The maximum Gasteiger partial charge on any atom is 0.193 e. The predicted molar refractivity (Wildman–Crippen MR) is 64.1 cm³/mol. The zero-order valence-corrected chi connectivity index (χ0v) is 9.68. The summed E-state index contributed by atoms with van der Waals surface area (Å²) < 4.78 is 5.28. The topological polar surface area (TPSA) is 52.1 Å². The molecule has 4 nitrogen and oxygen atoms in total. The van der Waals surface area contributed by atoms with Gasteiger partial charge in [-0.25, -0.2) is 9.97 Å². The van der Waals surface area contributed by atoms with E-state index in [1.165, 1.54) is 0 Å². The molecule has 2 rings (SSSR count). The van der Waals surface area contributed by atoms with Gasteiger partial charge in [0.2, 0.25) is 0 Å². The summed E-state index contributed by atoms with van der Waals surface area (Å²) in [7, 11) is 1.61. The number of hydrogen-bond acceptors (Lipinski definition) is 4. The predicted octanol–water partition coefficient (Wildman–Crippen LogP) is 2.27. The number of para-hydroxylation sites is 1. The van der Waals surface area contributed by atoms with Crippen LogP contribution in [0.3, 0.4) is 0 Å². The smallest absolute Gasteiger partial charge is 0.193 e. The van der Waals surface area contributed by atoms with Crippen molar-refractivity contribution in [2.45, 2.75) is 6.92 Å². The lowest BCUT2D eigenvalue weighted by Crippen LogP contribution is -1.98. The first kappa shape index (κ1) is 11.3. The van der Waals surface area contributed by atoms with E-state index in [0.717, 1.165) is 22.6 Å². The monoisotopic (exact) mass is 228 g/mol. The van der Waals surface area contributed by atoms with Crippen LogP contribution in [0.2, 0.25) is 0 Å². The molecule has 0 aliphatic rings. The van der Waals surface area contributed by atoms with Crippen molar-refractivity contribution in [1.82, 2.24) is 9.97 Å². The summed E-state index contributed by atoms with van der Waals surface area (Å²) in [6, 6.07) is 7.56. The highest BCUT2D eigenvalue weighted by atomic mass is 16.5. The molecule has 17 heavy (non-hydrogen) atoms. The van der Waals surface area contributed by atoms with Crippen LogP contribution in [0.15, 0.2) is 30.5 Å². The normalized spacial score (nSPS) is 10.0. The third-order valence-corrected chi connectivity index (χ3v) is 2.46. The van der Waals surface area contributed by atoms with Crippen molar-refractivity contribution in [3.8, 4) is 17.0 Å². The number of aldehydes is 1. The highest BCUT2D eigenvalue weighted by Gasteiger charge is 2.10. The lowest BCUT2D eigenvalue weighted by atomic mass is 10.1. The molecule has 0 aliphatic carbocycles. The average Bonchev–Trinajstić information content (AvgIpc) is 2.39. The van der Waals surface area contributed by atoms with Gasteiger partial charge < -0.3 is 4.74 Å². The molecule has 1 aromatic carbocycles. The van der Waals surface area contributed by atoms with Gasteiger partial charge in [-0.05, 0) is 24.6 Å². The second kappa shape index (κ2) is 4.74. The Kier molecular flexibility index (Phi) is 3.14. The van der Waals surface area contributed by atoms with Gasteiger partial charge in [-0.15, -0.1) is 0 Å². The second-order valence-corrected chi connectivity index (χ2v) is 3.58. The number of carbonyl (C=O) groups excluding carboxylic acids is 1. The molecule has 0 amide bonds. The Morgan fingerprint density at radius 1 is 1.29 bits per heavy atom. The maximum atomic E-state index is 10.7. The number of rotatable bonds is 3. The van der Waals surface area contributed by atoms with E-state index in [1.807, 2.05) is 31.2 Å². The first-order valence-corrected chi connectivity index (χ1v) is 5.18. The number of carbonyl (C=O) groups is 1. The van der Waals surface area contributed by atoms with E-state index in [0.29, 0.717) is 6.29 Å². The van der Waals surface area contributed by atoms with Crippen LogP contribution in [0, 0.1) is 6.92 Å². The molecule has 0 saturated heterocycles. The molecular weight excluding hydrogens is 216 g/mol. The Labute approximate surface area is 99.3 Å². The van der Waals surface area contributed by atoms with Gasteiger partial charge in [-0.2, -0.15) is 0 Å². The maximum absolute atomic E-state index is 10.7. The molecule has 2 aromatic rings. The first-order chi connectivity index (χ1) is 8.26. The third-order valence-electron chi connectivity index (χ3n) is 2.46. The summed E-state index contributed by atoms with van der Waals surface area (Å²) in [4.78, 5) is 18.8. The molecule has 0 aliphatic heterocycles. The van der Waals surface area contributed by atoms with Crippen molar-refractivity contribution in [2.75, 3.05) is 7.11 Å². The number of aromatic nitrogens is 2. The number of ether oxygens (including phenoxy) is 1. The van der Waals surface area contributed by atoms with Crippen LogP contribution in [-0.4, -0.2) is 23.4 Å². The molecule has 4 heteroatoms. The number of aryl methyl sites for hydroxylation is 1. The molecule has 0 radical (unpaired) electrons. The number of methoxy groups -OCH3 is 1. The Morgan fingerprint density at radius 2 is 2.06 bits per heavy atom. The van der Waals surface area contributed by atoms with Crippen molar-refractivity contribution in [2.24, 2.45) is 0 Å². The Hall–Kier alpha value is -2.23. The van der Waals surface area contributed by atoms with E-state index in [4.69, 9.17) is 4.74 Å². The van der Waals surface area contributed by atoms with Crippen LogP contribution in [0.4, 0.5) is 0 Å². The Balaban J connectivity index is 2.62. The second-order valence-electron chi connectivity index (χ2n) is 3.58. The van der Waals surface area contributed by atoms with Crippen molar-refractivity contribution >= 4 is 6.29 Å². The van der Waals surface area contributed by atoms with Crippen LogP contribution in [0.25, 0.3) is 11.3 Å². The van der Waals surface area contributed by atoms with E-state index < -0.39 is 0 Å². The van der Waals surface area contributed by atoms with Crippen LogP contribution >= 0.6 is 0 Å².